The molecule has 1 N–H and O–H groups in total. The maximum Gasteiger partial charge on any atom is 0.244 e. The van der Waals surface area contributed by atoms with Gasteiger partial charge in [-0.25, -0.2) is 13.1 Å². The van der Waals surface area contributed by atoms with E-state index in [1.807, 2.05) is 6.92 Å². The summed E-state index contributed by atoms with van der Waals surface area (Å²) >= 11 is 5.91. The molecule has 0 saturated heterocycles. The van der Waals surface area contributed by atoms with Crippen molar-refractivity contribution in [1.29, 1.82) is 0 Å². The van der Waals surface area contributed by atoms with Crippen LogP contribution >= 0.6 is 11.6 Å². The molecule has 0 atom stereocenters. The van der Waals surface area contributed by atoms with Gasteiger partial charge in [0, 0.05) is 17.6 Å². The van der Waals surface area contributed by atoms with Crippen molar-refractivity contribution in [3.63, 3.8) is 0 Å². The molecule has 0 aliphatic heterocycles. The third kappa shape index (κ3) is 4.16. The summed E-state index contributed by atoms with van der Waals surface area (Å²) in [6, 6.07) is 9.93. The Morgan fingerprint density at radius 1 is 1.09 bits per heavy atom. The van der Waals surface area contributed by atoms with Gasteiger partial charge in [0.2, 0.25) is 10.0 Å². The van der Waals surface area contributed by atoms with Crippen molar-refractivity contribution < 1.29 is 17.9 Å². The highest BCUT2D eigenvalue weighted by Crippen LogP contribution is 2.28. The van der Waals surface area contributed by atoms with E-state index in [1.54, 1.807) is 30.3 Å². The smallest absolute Gasteiger partial charge is 0.244 e. The van der Waals surface area contributed by atoms with Crippen LogP contribution in [-0.4, -0.2) is 22.6 Å². The fraction of sp³-hybridized carbons (Fsp3) is 0.250. The zero-order valence-electron chi connectivity index (χ0n) is 13.1. The van der Waals surface area contributed by atoms with Crippen LogP contribution in [0.2, 0.25) is 5.02 Å². The van der Waals surface area contributed by atoms with Crippen molar-refractivity contribution in [3.8, 4) is 11.5 Å². The molecule has 2 rings (SSSR count). The largest absolute Gasteiger partial charge is 0.497 e. The Bertz CT molecular complexity index is 806. The van der Waals surface area contributed by atoms with E-state index < -0.39 is 10.0 Å². The number of halogens is 1. The summed E-state index contributed by atoms with van der Waals surface area (Å²) in [5.41, 5.74) is 1.76. The van der Waals surface area contributed by atoms with Gasteiger partial charge in [-0.05, 0) is 42.3 Å². The first kappa shape index (κ1) is 17.6. The lowest BCUT2D eigenvalue weighted by atomic mass is 10.1. The van der Waals surface area contributed by atoms with E-state index in [4.69, 9.17) is 21.1 Å². The summed E-state index contributed by atoms with van der Waals surface area (Å²) in [4.78, 5) is 0.0333. The molecular weight excluding hydrogens is 338 g/mol. The number of methoxy groups -OCH3 is 2. The van der Waals surface area contributed by atoms with Gasteiger partial charge in [0.05, 0.1) is 14.2 Å². The molecule has 124 valence electrons. The molecule has 0 bridgehead atoms. The molecule has 0 aromatic heterocycles. The zero-order chi connectivity index (χ0) is 17.0. The van der Waals surface area contributed by atoms with Gasteiger partial charge in [-0.1, -0.05) is 17.7 Å². The minimum absolute atomic E-state index is 0.0333. The highest BCUT2D eigenvalue weighted by Gasteiger charge is 2.20. The SMILES string of the molecule is COc1ccc(OC)c(S(=O)(=O)NCc2ccc(Cl)cc2C)c1. The molecule has 23 heavy (non-hydrogen) atoms. The van der Waals surface area contributed by atoms with Gasteiger partial charge >= 0.3 is 0 Å². The molecule has 0 aliphatic carbocycles. The molecule has 0 amide bonds. The van der Waals surface area contributed by atoms with E-state index in [-0.39, 0.29) is 17.2 Å². The van der Waals surface area contributed by atoms with Crippen molar-refractivity contribution in [1.82, 2.24) is 4.72 Å². The van der Waals surface area contributed by atoms with Crippen LogP contribution in [0.1, 0.15) is 11.1 Å². The molecule has 7 heteroatoms. The average molecular weight is 356 g/mol. The third-order valence-electron chi connectivity index (χ3n) is 3.42. The van der Waals surface area contributed by atoms with Crippen LogP contribution in [0.5, 0.6) is 11.5 Å². The molecule has 2 aromatic carbocycles. The molecule has 0 radical (unpaired) electrons. The van der Waals surface area contributed by atoms with Crippen molar-refractivity contribution in [3.05, 3.63) is 52.5 Å². The number of benzene rings is 2. The van der Waals surface area contributed by atoms with Crippen LogP contribution in [0, 0.1) is 6.92 Å². The number of aryl methyl sites for hydroxylation is 1. The summed E-state index contributed by atoms with van der Waals surface area (Å²) in [5.74, 6) is 0.694. The first-order valence-electron chi connectivity index (χ1n) is 6.84. The predicted octanol–water partition coefficient (Wildman–Crippen LogP) is 3.14. The molecule has 0 saturated carbocycles. The number of nitrogens with one attached hydrogen (secondary N) is 1. The molecule has 0 aliphatic rings. The average Bonchev–Trinajstić information content (AvgIpc) is 2.53. The summed E-state index contributed by atoms with van der Waals surface area (Å²) < 4.78 is 37.9. The second-order valence-electron chi connectivity index (χ2n) is 4.91. The number of ether oxygens (including phenoxy) is 2. The summed E-state index contributed by atoms with van der Waals surface area (Å²) in [6.07, 6.45) is 0. The van der Waals surface area contributed by atoms with Gasteiger partial charge in [0.15, 0.2) is 0 Å². The third-order valence-corrected chi connectivity index (χ3v) is 5.08. The maximum absolute atomic E-state index is 12.6. The lowest BCUT2D eigenvalue weighted by molar-refractivity contribution is 0.392. The van der Waals surface area contributed by atoms with Crippen LogP contribution in [-0.2, 0) is 16.6 Å². The molecule has 5 nitrogen and oxygen atoms in total. The topological polar surface area (TPSA) is 64.6 Å². The minimum Gasteiger partial charge on any atom is -0.497 e. The maximum atomic E-state index is 12.6. The number of hydrogen-bond donors (Lipinski definition) is 1. The van der Waals surface area contributed by atoms with E-state index in [9.17, 15) is 8.42 Å². The quantitative estimate of drug-likeness (QED) is 0.864. The van der Waals surface area contributed by atoms with Crippen LogP contribution < -0.4 is 14.2 Å². The first-order chi connectivity index (χ1) is 10.9. The van der Waals surface area contributed by atoms with Crippen molar-refractivity contribution in [2.24, 2.45) is 0 Å². The monoisotopic (exact) mass is 355 g/mol. The molecule has 0 unspecified atom stereocenters. The summed E-state index contributed by atoms with van der Waals surface area (Å²) in [6.45, 7) is 2.04. The Morgan fingerprint density at radius 2 is 1.83 bits per heavy atom. The summed E-state index contributed by atoms with van der Waals surface area (Å²) in [5, 5.41) is 0.614. The first-order valence-corrected chi connectivity index (χ1v) is 8.70. The van der Waals surface area contributed by atoms with Crippen LogP contribution in [0.15, 0.2) is 41.3 Å². The highest BCUT2D eigenvalue weighted by molar-refractivity contribution is 7.89. The Labute approximate surface area is 141 Å². The van der Waals surface area contributed by atoms with Gasteiger partial charge in [-0.2, -0.15) is 0 Å². The van der Waals surface area contributed by atoms with Crippen LogP contribution in [0.25, 0.3) is 0 Å². The van der Waals surface area contributed by atoms with Gasteiger partial charge in [0.25, 0.3) is 0 Å². The fourth-order valence-corrected chi connectivity index (χ4v) is 3.52. The lowest BCUT2D eigenvalue weighted by Gasteiger charge is -2.13. The molecule has 2 aromatic rings. The molecule has 0 fully saturated rings. The number of hydrogen-bond acceptors (Lipinski definition) is 4. The van der Waals surface area contributed by atoms with Crippen molar-refractivity contribution in [2.45, 2.75) is 18.4 Å². The standard InChI is InChI=1S/C16H18ClNO4S/c1-11-8-13(17)5-4-12(11)10-18-23(19,20)16-9-14(21-2)6-7-15(16)22-3/h4-9,18H,10H2,1-3H3. The van der Waals surface area contributed by atoms with E-state index in [2.05, 4.69) is 4.72 Å². The van der Waals surface area contributed by atoms with Crippen molar-refractivity contribution >= 4 is 21.6 Å². The van der Waals surface area contributed by atoms with Crippen LogP contribution in [0.4, 0.5) is 0 Å². The Kier molecular flexibility index (Phi) is 5.51. The highest BCUT2D eigenvalue weighted by atomic mass is 35.5. The molecule has 0 heterocycles. The second kappa shape index (κ2) is 7.21. The Balaban J connectivity index is 2.28. The number of sulfonamides is 1. The summed E-state index contributed by atoms with van der Waals surface area (Å²) in [7, 11) is -0.853. The fourth-order valence-electron chi connectivity index (χ4n) is 2.10. The van der Waals surface area contributed by atoms with Gasteiger partial charge < -0.3 is 9.47 Å². The van der Waals surface area contributed by atoms with E-state index >= 15 is 0 Å². The lowest BCUT2D eigenvalue weighted by Crippen LogP contribution is -2.24. The van der Waals surface area contributed by atoms with E-state index in [0.717, 1.165) is 11.1 Å². The van der Waals surface area contributed by atoms with E-state index in [0.29, 0.717) is 10.8 Å². The second-order valence-corrected chi connectivity index (χ2v) is 7.08. The van der Waals surface area contributed by atoms with Gasteiger partial charge in [-0.3, -0.25) is 0 Å². The molecular formula is C16H18ClNO4S. The van der Waals surface area contributed by atoms with Gasteiger partial charge in [0.1, 0.15) is 16.4 Å². The Hall–Kier alpha value is -1.76. The molecule has 0 spiro atoms. The Morgan fingerprint density at radius 3 is 2.43 bits per heavy atom. The minimum atomic E-state index is -3.75. The van der Waals surface area contributed by atoms with E-state index in [1.165, 1.54) is 20.3 Å². The van der Waals surface area contributed by atoms with Crippen molar-refractivity contribution in [2.75, 3.05) is 14.2 Å². The number of rotatable bonds is 6. The predicted molar refractivity (Wildman–Crippen MR) is 89.8 cm³/mol. The normalized spacial score (nSPS) is 11.3. The zero-order valence-corrected chi connectivity index (χ0v) is 14.7. The van der Waals surface area contributed by atoms with Gasteiger partial charge in [-0.15, -0.1) is 0 Å². The van der Waals surface area contributed by atoms with Crippen LogP contribution in [0.3, 0.4) is 0 Å².